The molecule has 0 saturated carbocycles. The summed E-state index contributed by atoms with van der Waals surface area (Å²) in [6.07, 6.45) is 0.657. The smallest absolute Gasteiger partial charge is 0.0713 e. The van der Waals surface area contributed by atoms with Gasteiger partial charge in [-0.3, -0.25) is 10.6 Å². The van der Waals surface area contributed by atoms with Gasteiger partial charge in [-0.15, -0.1) is 11.8 Å². The lowest BCUT2D eigenvalue weighted by atomic mass is 10.2. The summed E-state index contributed by atoms with van der Waals surface area (Å²) < 4.78 is 0. The van der Waals surface area contributed by atoms with E-state index in [2.05, 4.69) is 10.6 Å². The standard InChI is InChI=1S/C4H8N2S/c1-3-4(5-1)6-2-7-3/h3-6H,1-2H2. The van der Waals surface area contributed by atoms with Crippen LogP contribution in [0.1, 0.15) is 0 Å². The van der Waals surface area contributed by atoms with E-state index in [9.17, 15) is 0 Å². The molecule has 2 aliphatic heterocycles. The molecule has 0 spiro atoms. The third kappa shape index (κ3) is 0.490. The van der Waals surface area contributed by atoms with E-state index >= 15 is 0 Å². The zero-order valence-electron chi connectivity index (χ0n) is 3.98. The van der Waals surface area contributed by atoms with E-state index in [-0.39, 0.29) is 0 Å². The summed E-state index contributed by atoms with van der Waals surface area (Å²) in [7, 11) is 0. The zero-order valence-corrected chi connectivity index (χ0v) is 4.79. The van der Waals surface area contributed by atoms with E-state index in [0.29, 0.717) is 6.17 Å². The summed E-state index contributed by atoms with van der Waals surface area (Å²) >= 11 is 2.02. The second kappa shape index (κ2) is 1.37. The Bertz CT molecular complexity index is 75.8. The Morgan fingerprint density at radius 2 is 2.43 bits per heavy atom. The van der Waals surface area contributed by atoms with E-state index in [1.165, 1.54) is 6.54 Å². The first-order chi connectivity index (χ1) is 3.47. The van der Waals surface area contributed by atoms with Gasteiger partial charge in [0, 0.05) is 17.7 Å². The monoisotopic (exact) mass is 116 g/mol. The van der Waals surface area contributed by atoms with Crippen LogP contribution in [0.4, 0.5) is 0 Å². The molecule has 40 valence electrons. The maximum atomic E-state index is 3.31. The Morgan fingerprint density at radius 3 is 2.71 bits per heavy atom. The first-order valence-corrected chi connectivity index (χ1v) is 3.60. The van der Waals surface area contributed by atoms with Gasteiger partial charge in [0.2, 0.25) is 0 Å². The lowest BCUT2D eigenvalue weighted by molar-refractivity contribution is 0.357. The Hall–Kier alpha value is 0.270. The van der Waals surface area contributed by atoms with E-state index < -0.39 is 0 Å². The number of hydrogen-bond acceptors (Lipinski definition) is 3. The van der Waals surface area contributed by atoms with Crippen LogP contribution in [0.15, 0.2) is 0 Å². The number of rotatable bonds is 0. The van der Waals surface area contributed by atoms with E-state index in [1.54, 1.807) is 0 Å². The minimum absolute atomic E-state index is 0.657. The predicted octanol–water partition coefficient (Wildman–Crippen LogP) is -0.422. The molecule has 7 heavy (non-hydrogen) atoms. The van der Waals surface area contributed by atoms with Crippen LogP contribution >= 0.6 is 11.8 Å². The third-order valence-electron chi connectivity index (χ3n) is 1.51. The number of nitrogens with one attached hydrogen (secondary N) is 2. The van der Waals surface area contributed by atoms with Crippen LogP contribution in [0.5, 0.6) is 0 Å². The Balaban J connectivity index is 2.03. The Morgan fingerprint density at radius 1 is 1.43 bits per heavy atom. The molecule has 3 heteroatoms. The zero-order chi connectivity index (χ0) is 4.69. The van der Waals surface area contributed by atoms with E-state index in [1.807, 2.05) is 11.8 Å². The molecule has 2 nitrogen and oxygen atoms in total. The van der Waals surface area contributed by atoms with Crippen LogP contribution < -0.4 is 10.6 Å². The van der Waals surface area contributed by atoms with Crippen LogP contribution in [0.25, 0.3) is 0 Å². The summed E-state index contributed by atoms with van der Waals surface area (Å²) in [6.45, 7) is 1.21. The Labute approximate surface area is 47.0 Å². The van der Waals surface area contributed by atoms with Gasteiger partial charge in [-0.1, -0.05) is 0 Å². The number of hydrogen-bond donors (Lipinski definition) is 2. The van der Waals surface area contributed by atoms with Crippen molar-refractivity contribution >= 4 is 11.8 Å². The molecular formula is C4H8N2S. The molecule has 2 atom stereocenters. The summed E-state index contributed by atoms with van der Waals surface area (Å²) in [5.41, 5.74) is 0. The predicted molar refractivity (Wildman–Crippen MR) is 31.2 cm³/mol. The molecule has 2 unspecified atom stereocenters. The van der Waals surface area contributed by atoms with E-state index in [4.69, 9.17) is 0 Å². The lowest BCUT2D eigenvalue weighted by Crippen LogP contribution is -2.58. The molecule has 0 aromatic carbocycles. The molecule has 2 N–H and O–H groups in total. The highest BCUT2D eigenvalue weighted by atomic mass is 32.2. The SMILES string of the molecule is C1NC2NCC2S1. The quantitative estimate of drug-likeness (QED) is 0.449. The largest absolute Gasteiger partial charge is 0.300 e. The second-order valence-electron chi connectivity index (χ2n) is 1.94. The molecule has 0 bridgehead atoms. The summed E-state index contributed by atoms with van der Waals surface area (Å²) in [5.74, 6) is 1.14. The molecule has 2 heterocycles. The van der Waals surface area contributed by atoms with Gasteiger partial charge in [-0.2, -0.15) is 0 Å². The minimum atomic E-state index is 0.657. The summed E-state index contributed by atoms with van der Waals surface area (Å²) in [5, 5.41) is 7.47. The molecule has 0 amide bonds. The summed E-state index contributed by atoms with van der Waals surface area (Å²) in [6, 6.07) is 0. The van der Waals surface area contributed by atoms with Crippen LogP contribution in [-0.2, 0) is 0 Å². The molecule has 0 aromatic heterocycles. The van der Waals surface area contributed by atoms with Crippen LogP contribution in [0.3, 0.4) is 0 Å². The number of fused-ring (bicyclic) bond motifs is 1. The fourth-order valence-electron chi connectivity index (χ4n) is 0.936. The first kappa shape index (κ1) is 4.18. The molecule has 2 rings (SSSR count). The van der Waals surface area contributed by atoms with Gasteiger partial charge >= 0.3 is 0 Å². The van der Waals surface area contributed by atoms with Crippen LogP contribution in [-0.4, -0.2) is 23.8 Å². The molecular weight excluding hydrogens is 108 g/mol. The van der Waals surface area contributed by atoms with Crippen molar-refractivity contribution < 1.29 is 0 Å². The highest BCUT2D eigenvalue weighted by Crippen LogP contribution is 2.23. The van der Waals surface area contributed by atoms with Gasteiger partial charge in [-0.25, -0.2) is 0 Å². The van der Waals surface area contributed by atoms with Gasteiger partial charge in [0.1, 0.15) is 0 Å². The van der Waals surface area contributed by atoms with Crippen LogP contribution in [0, 0.1) is 0 Å². The fraction of sp³-hybridized carbons (Fsp3) is 1.00. The van der Waals surface area contributed by atoms with Crippen molar-refractivity contribution in [3.05, 3.63) is 0 Å². The topological polar surface area (TPSA) is 24.1 Å². The highest BCUT2D eigenvalue weighted by molar-refractivity contribution is 8.00. The average molecular weight is 116 g/mol. The van der Waals surface area contributed by atoms with Gasteiger partial charge in [0.05, 0.1) is 6.17 Å². The van der Waals surface area contributed by atoms with Crippen LogP contribution in [0.2, 0.25) is 0 Å². The normalized spacial score (nSPS) is 48.0. The molecule has 2 aliphatic rings. The first-order valence-electron chi connectivity index (χ1n) is 2.55. The molecule has 2 saturated heterocycles. The molecule has 0 aromatic rings. The van der Waals surface area contributed by atoms with Crippen molar-refractivity contribution in [1.82, 2.24) is 10.6 Å². The third-order valence-corrected chi connectivity index (χ3v) is 2.71. The van der Waals surface area contributed by atoms with Crippen molar-refractivity contribution in [2.75, 3.05) is 12.4 Å². The van der Waals surface area contributed by atoms with Crippen molar-refractivity contribution in [1.29, 1.82) is 0 Å². The van der Waals surface area contributed by atoms with Crippen molar-refractivity contribution in [2.24, 2.45) is 0 Å². The van der Waals surface area contributed by atoms with Gasteiger partial charge < -0.3 is 0 Å². The highest BCUT2D eigenvalue weighted by Gasteiger charge is 2.34. The second-order valence-corrected chi connectivity index (χ2v) is 3.17. The molecule has 2 fully saturated rings. The van der Waals surface area contributed by atoms with Gasteiger partial charge in [0.25, 0.3) is 0 Å². The maximum Gasteiger partial charge on any atom is 0.0713 e. The maximum absolute atomic E-state index is 3.31. The molecule has 0 aliphatic carbocycles. The Kier molecular flexibility index (Phi) is 0.818. The fourth-order valence-corrected chi connectivity index (χ4v) is 2.02. The van der Waals surface area contributed by atoms with Crippen molar-refractivity contribution in [3.63, 3.8) is 0 Å². The van der Waals surface area contributed by atoms with E-state index in [0.717, 1.165) is 11.1 Å². The minimum Gasteiger partial charge on any atom is -0.300 e. The molecule has 0 radical (unpaired) electrons. The summed E-state index contributed by atoms with van der Waals surface area (Å²) in [4.78, 5) is 0. The van der Waals surface area contributed by atoms with Crippen molar-refractivity contribution in [2.45, 2.75) is 11.4 Å². The lowest BCUT2D eigenvalue weighted by Gasteiger charge is -2.30. The average Bonchev–Trinajstić information content (AvgIpc) is 1.85. The number of thioether (sulfide) groups is 1. The van der Waals surface area contributed by atoms with Gasteiger partial charge in [0.15, 0.2) is 0 Å². The van der Waals surface area contributed by atoms with Crippen molar-refractivity contribution in [3.8, 4) is 0 Å². The van der Waals surface area contributed by atoms with Gasteiger partial charge in [-0.05, 0) is 0 Å².